The van der Waals surface area contributed by atoms with Crippen LogP contribution in [0.5, 0.6) is 0 Å². The van der Waals surface area contributed by atoms with Crippen molar-refractivity contribution in [2.45, 2.75) is 248 Å². The molecule has 0 heterocycles. The van der Waals surface area contributed by atoms with Gasteiger partial charge in [0.15, 0.2) is 0 Å². The molecule has 0 saturated carbocycles. The predicted octanol–water partition coefficient (Wildman–Crippen LogP) is 16.9. The quantitative estimate of drug-likeness (QED) is 0.0477. The maximum absolute atomic E-state index is 4.02. The number of hydrogen-bond acceptors (Lipinski definition) is 0. The summed E-state index contributed by atoms with van der Waals surface area (Å²) in [6.45, 7) is 21.0. The molecule has 0 aromatic heterocycles. The van der Waals surface area contributed by atoms with Crippen molar-refractivity contribution in [1.29, 1.82) is 0 Å². The molecule has 4 unspecified atom stereocenters. The van der Waals surface area contributed by atoms with Gasteiger partial charge in [-0.2, -0.15) is 0 Å². The second-order valence-corrected chi connectivity index (χ2v) is 16.8. The molecule has 0 saturated heterocycles. The molecule has 0 radical (unpaired) electrons. The van der Waals surface area contributed by atoms with Gasteiger partial charge in [-0.1, -0.05) is 220 Å². The second-order valence-electron chi connectivity index (χ2n) is 16.8. The van der Waals surface area contributed by atoms with E-state index in [1.54, 1.807) is 0 Å². The van der Waals surface area contributed by atoms with Crippen molar-refractivity contribution in [1.82, 2.24) is 0 Å². The molecule has 4 atom stereocenters. The number of allylic oxidation sites excluding steroid dienone is 1. The van der Waals surface area contributed by atoms with Crippen molar-refractivity contribution >= 4 is 0 Å². The molecule has 0 fully saturated rings. The Hall–Kier alpha value is -0.260. The summed E-state index contributed by atoms with van der Waals surface area (Å²) in [5.41, 5.74) is 1.35. The molecule has 0 bridgehead atoms. The summed E-state index contributed by atoms with van der Waals surface area (Å²) in [6.07, 6.45) is 44.9. The van der Waals surface area contributed by atoms with Gasteiger partial charge in [-0.15, -0.1) is 6.58 Å². The third-order valence-electron chi connectivity index (χ3n) is 11.2. The smallest absolute Gasteiger partial charge is 0.0326 e. The van der Waals surface area contributed by atoms with E-state index in [1.165, 1.54) is 205 Å². The van der Waals surface area contributed by atoms with E-state index >= 15 is 0 Å². The summed E-state index contributed by atoms with van der Waals surface area (Å²) in [5.74, 6) is 4.57. The lowest BCUT2D eigenvalue weighted by Gasteiger charge is -2.26. The summed E-state index contributed by atoms with van der Waals surface area (Å²) in [7, 11) is 0. The Labute approximate surface area is 288 Å². The molecule has 0 N–H and O–H groups in total. The summed E-state index contributed by atoms with van der Waals surface area (Å²) in [4.78, 5) is 0. The lowest BCUT2D eigenvalue weighted by atomic mass is 9.80. The minimum atomic E-state index is 0.849. The average Bonchev–Trinajstić information content (AvgIpc) is 3.00. The van der Waals surface area contributed by atoms with Crippen LogP contribution >= 0.6 is 0 Å². The topological polar surface area (TPSA) is 0 Å². The highest BCUT2D eigenvalue weighted by Crippen LogP contribution is 2.30. The van der Waals surface area contributed by atoms with Gasteiger partial charge in [-0.25, -0.2) is 0 Å². The molecular weight excluding hydrogens is 540 g/mol. The molecule has 0 rings (SSSR count). The summed E-state index contributed by atoms with van der Waals surface area (Å²) >= 11 is 0. The molecular formula is C45H90. The minimum absolute atomic E-state index is 0.849. The fraction of sp³-hybridized carbons (Fsp3) is 0.956. The van der Waals surface area contributed by atoms with E-state index in [4.69, 9.17) is 0 Å². The standard InChI is InChI=1S/C45H90/c1-9-10-11-12-13-14-15-16-17-26-31-36-44(8)39-45(41(4)5)38-37-43(7)35-30-25-21-20-24-29-34-42(6)33-28-23-19-18-22-27-32-40(2)3/h41-45H,2,9-39H2,1,3-8H3. The van der Waals surface area contributed by atoms with E-state index in [1.807, 2.05) is 0 Å². The van der Waals surface area contributed by atoms with Crippen molar-refractivity contribution < 1.29 is 0 Å². The van der Waals surface area contributed by atoms with E-state index < -0.39 is 0 Å². The molecule has 45 heavy (non-hydrogen) atoms. The largest absolute Gasteiger partial charge is 0.100 e. The maximum atomic E-state index is 4.02. The molecule has 270 valence electrons. The van der Waals surface area contributed by atoms with Gasteiger partial charge < -0.3 is 0 Å². The van der Waals surface area contributed by atoms with Crippen LogP contribution in [-0.2, 0) is 0 Å². The van der Waals surface area contributed by atoms with E-state index in [0.717, 1.165) is 29.6 Å². The zero-order valence-corrected chi connectivity index (χ0v) is 33.0. The highest BCUT2D eigenvalue weighted by atomic mass is 14.2. The lowest BCUT2D eigenvalue weighted by molar-refractivity contribution is 0.257. The lowest BCUT2D eigenvalue weighted by Crippen LogP contribution is -2.14. The van der Waals surface area contributed by atoms with Crippen LogP contribution in [0.25, 0.3) is 0 Å². The summed E-state index contributed by atoms with van der Waals surface area (Å²) in [5, 5.41) is 0. The van der Waals surface area contributed by atoms with E-state index in [-0.39, 0.29) is 0 Å². The van der Waals surface area contributed by atoms with Gasteiger partial charge in [0, 0.05) is 0 Å². The van der Waals surface area contributed by atoms with Gasteiger partial charge in [0.05, 0.1) is 0 Å². The second kappa shape index (κ2) is 33.6. The van der Waals surface area contributed by atoms with Crippen molar-refractivity contribution in [2.24, 2.45) is 29.6 Å². The van der Waals surface area contributed by atoms with E-state index in [9.17, 15) is 0 Å². The number of unbranched alkanes of at least 4 members (excludes halogenated alkanes) is 20. The van der Waals surface area contributed by atoms with Crippen LogP contribution in [-0.4, -0.2) is 0 Å². The van der Waals surface area contributed by atoms with Crippen molar-refractivity contribution in [3.8, 4) is 0 Å². The highest BCUT2D eigenvalue weighted by molar-refractivity contribution is 4.87. The van der Waals surface area contributed by atoms with Crippen LogP contribution in [0.3, 0.4) is 0 Å². The minimum Gasteiger partial charge on any atom is -0.100 e. The maximum Gasteiger partial charge on any atom is -0.0326 e. The Morgan fingerprint density at radius 2 is 0.733 bits per heavy atom. The SMILES string of the molecule is C=C(C)CCCCCCCCC(C)CCCCCCCCC(C)CCC(CC(C)CCCCCCCCCCCCC)C(C)C. The fourth-order valence-corrected chi connectivity index (χ4v) is 7.62. The molecule has 0 aliphatic carbocycles. The van der Waals surface area contributed by atoms with Gasteiger partial charge in [0.2, 0.25) is 0 Å². The Kier molecular flexibility index (Phi) is 33.4. The van der Waals surface area contributed by atoms with Crippen molar-refractivity contribution in [2.75, 3.05) is 0 Å². The Morgan fingerprint density at radius 3 is 1.11 bits per heavy atom. The van der Waals surface area contributed by atoms with Crippen molar-refractivity contribution in [3.05, 3.63) is 12.2 Å². The normalized spacial score (nSPS) is 14.6. The highest BCUT2D eigenvalue weighted by Gasteiger charge is 2.18. The number of hydrogen-bond donors (Lipinski definition) is 0. The van der Waals surface area contributed by atoms with Crippen LogP contribution in [0.1, 0.15) is 248 Å². The first-order valence-corrected chi connectivity index (χ1v) is 21.4. The molecule has 0 nitrogen and oxygen atoms in total. The van der Waals surface area contributed by atoms with Gasteiger partial charge in [-0.3, -0.25) is 0 Å². The van der Waals surface area contributed by atoms with Crippen LogP contribution in [0, 0.1) is 29.6 Å². The van der Waals surface area contributed by atoms with Crippen LogP contribution in [0.4, 0.5) is 0 Å². The van der Waals surface area contributed by atoms with Gasteiger partial charge in [0.1, 0.15) is 0 Å². The van der Waals surface area contributed by atoms with Crippen LogP contribution < -0.4 is 0 Å². The zero-order valence-electron chi connectivity index (χ0n) is 33.0. The third kappa shape index (κ3) is 33.4. The first-order valence-electron chi connectivity index (χ1n) is 21.4. The Balaban J connectivity index is 3.67. The van der Waals surface area contributed by atoms with Gasteiger partial charge in [0.25, 0.3) is 0 Å². The van der Waals surface area contributed by atoms with Crippen LogP contribution in [0.15, 0.2) is 12.2 Å². The molecule has 0 aromatic carbocycles. The average molecular weight is 631 g/mol. The molecule has 0 aliphatic heterocycles. The van der Waals surface area contributed by atoms with Gasteiger partial charge in [-0.05, 0) is 62.2 Å². The molecule has 0 heteroatoms. The van der Waals surface area contributed by atoms with Crippen molar-refractivity contribution in [3.63, 3.8) is 0 Å². The third-order valence-corrected chi connectivity index (χ3v) is 11.2. The Morgan fingerprint density at radius 1 is 0.400 bits per heavy atom. The van der Waals surface area contributed by atoms with E-state index in [0.29, 0.717) is 0 Å². The Bertz CT molecular complexity index is 587. The summed E-state index contributed by atoms with van der Waals surface area (Å²) in [6, 6.07) is 0. The molecule has 0 aliphatic rings. The fourth-order valence-electron chi connectivity index (χ4n) is 7.62. The molecule has 0 amide bonds. The monoisotopic (exact) mass is 631 g/mol. The zero-order chi connectivity index (χ0) is 33.4. The van der Waals surface area contributed by atoms with E-state index in [2.05, 4.69) is 55.0 Å². The molecule has 0 spiro atoms. The first kappa shape index (κ1) is 44.7. The first-order chi connectivity index (χ1) is 21.8. The predicted molar refractivity (Wildman–Crippen MR) is 209 cm³/mol. The van der Waals surface area contributed by atoms with Crippen LogP contribution in [0.2, 0.25) is 0 Å². The summed E-state index contributed by atoms with van der Waals surface area (Å²) < 4.78 is 0. The molecule has 0 aromatic rings. The number of rotatable bonds is 36. The van der Waals surface area contributed by atoms with Gasteiger partial charge >= 0.3 is 0 Å².